The number of ketones is 1. The van der Waals surface area contributed by atoms with Crippen LogP contribution < -0.4 is 0 Å². The number of ether oxygens (including phenoxy) is 1. The summed E-state index contributed by atoms with van der Waals surface area (Å²) in [5, 5.41) is 8.47. The molecule has 0 heterocycles. The Morgan fingerprint density at radius 2 is 1.24 bits per heavy atom. The van der Waals surface area contributed by atoms with Gasteiger partial charge in [-0.2, -0.15) is 0 Å². The highest BCUT2D eigenvalue weighted by atomic mass is 16.5. The minimum absolute atomic E-state index is 0.0579. The lowest BCUT2D eigenvalue weighted by molar-refractivity contribution is -0.148. The highest BCUT2D eigenvalue weighted by Gasteiger charge is 2.08. The van der Waals surface area contributed by atoms with Crippen LogP contribution in [-0.2, 0) is 19.1 Å². The first kappa shape index (κ1) is 27.4. The molecule has 0 aromatic heterocycles. The molecule has 0 bridgehead atoms. The molecule has 0 aliphatic heterocycles. The molecule has 0 unspecified atom stereocenters. The molecular weight excluding hydrogens is 368 g/mol. The number of aliphatic carboxylic acids is 1. The summed E-state index contributed by atoms with van der Waals surface area (Å²) in [4.78, 5) is 33.3. The first-order valence-corrected chi connectivity index (χ1v) is 11.6. The first-order valence-electron chi connectivity index (χ1n) is 11.6. The maximum Gasteiger partial charge on any atom is 0.306 e. The standard InChI is InChI=1S/C24H42O5/c1-2-3-4-5-6-7-8-9-10-11-12-13-14-15-16-17-22(25)20-21-29-24(28)19-18-23(26)27/h9-10H,2-8,11-21H2,1H3,(H,26,27). The van der Waals surface area contributed by atoms with Crippen molar-refractivity contribution in [3.05, 3.63) is 12.2 Å². The predicted molar refractivity (Wildman–Crippen MR) is 117 cm³/mol. The van der Waals surface area contributed by atoms with Gasteiger partial charge < -0.3 is 9.84 Å². The third-order valence-corrected chi connectivity index (χ3v) is 4.90. The summed E-state index contributed by atoms with van der Waals surface area (Å²) < 4.78 is 4.86. The summed E-state index contributed by atoms with van der Waals surface area (Å²) in [6.45, 7) is 2.31. The van der Waals surface area contributed by atoms with Crippen molar-refractivity contribution in [2.45, 2.75) is 116 Å². The summed E-state index contributed by atoms with van der Waals surface area (Å²) >= 11 is 0. The molecule has 0 saturated carbocycles. The second-order valence-corrected chi connectivity index (χ2v) is 7.74. The van der Waals surface area contributed by atoms with Crippen LogP contribution >= 0.6 is 0 Å². The van der Waals surface area contributed by atoms with Gasteiger partial charge in [0, 0.05) is 12.8 Å². The van der Waals surface area contributed by atoms with Gasteiger partial charge in [-0.3, -0.25) is 14.4 Å². The highest BCUT2D eigenvalue weighted by molar-refractivity contribution is 5.79. The number of unbranched alkanes of at least 4 members (excludes halogenated alkanes) is 11. The topological polar surface area (TPSA) is 80.7 Å². The summed E-state index contributed by atoms with van der Waals surface area (Å²) in [5.74, 6) is -1.47. The lowest BCUT2D eigenvalue weighted by Gasteiger charge is -2.04. The third kappa shape index (κ3) is 22.5. The SMILES string of the molecule is CCCCCCCCC=CCCCCCCCC(=O)CCOC(=O)CCC(=O)O. The van der Waals surface area contributed by atoms with Crippen molar-refractivity contribution in [1.29, 1.82) is 0 Å². The van der Waals surface area contributed by atoms with Crippen LogP contribution in [0.4, 0.5) is 0 Å². The van der Waals surface area contributed by atoms with Crippen LogP contribution in [0.5, 0.6) is 0 Å². The fourth-order valence-electron chi connectivity index (χ4n) is 3.08. The van der Waals surface area contributed by atoms with E-state index in [0.717, 1.165) is 25.7 Å². The summed E-state index contributed by atoms with van der Waals surface area (Å²) in [5.41, 5.74) is 0. The van der Waals surface area contributed by atoms with E-state index < -0.39 is 11.9 Å². The Hall–Kier alpha value is -1.65. The summed E-state index contributed by atoms with van der Waals surface area (Å²) in [6, 6.07) is 0. The van der Waals surface area contributed by atoms with E-state index in [0.29, 0.717) is 6.42 Å². The largest absolute Gasteiger partial charge is 0.481 e. The molecule has 0 aromatic rings. The molecule has 0 rings (SSSR count). The average Bonchev–Trinajstić information content (AvgIpc) is 2.69. The zero-order valence-corrected chi connectivity index (χ0v) is 18.5. The molecule has 29 heavy (non-hydrogen) atoms. The van der Waals surface area contributed by atoms with E-state index in [1.807, 2.05) is 0 Å². The van der Waals surface area contributed by atoms with Crippen LogP contribution in [0, 0.1) is 0 Å². The van der Waals surface area contributed by atoms with Gasteiger partial charge in [-0.05, 0) is 32.1 Å². The van der Waals surface area contributed by atoms with Crippen LogP contribution in [0.3, 0.4) is 0 Å². The molecule has 0 fully saturated rings. The quantitative estimate of drug-likeness (QED) is 0.135. The number of carbonyl (C=O) groups is 3. The molecule has 0 spiro atoms. The Morgan fingerprint density at radius 1 is 0.690 bits per heavy atom. The minimum atomic E-state index is -1.03. The number of carboxylic acid groups (broad SMARTS) is 1. The van der Waals surface area contributed by atoms with E-state index in [2.05, 4.69) is 19.1 Å². The van der Waals surface area contributed by atoms with E-state index in [1.54, 1.807) is 0 Å². The second kappa shape index (κ2) is 21.1. The Balaban J connectivity index is 3.33. The fraction of sp³-hybridized carbons (Fsp3) is 0.792. The predicted octanol–water partition coefficient (Wildman–Crippen LogP) is 6.39. The molecule has 0 radical (unpaired) electrons. The molecule has 0 atom stereocenters. The van der Waals surface area contributed by atoms with Crippen molar-refractivity contribution in [3.63, 3.8) is 0 Å². The van der Waals surface area contributed by atoms with Gasteiger partial charge in [0.15, 0.2) is 0 Å². The van der Waals surface area contributed by atoms with Gasteiger partial charge in [0.1, 0.15) is 5.78 Å². The van der Waals surface area contributed by atoms with Gasteiger partial charge in [-0.1, -0.05) is 70.4 Å². The van der Waals surface area contributed by atoms with Crippen molar-refractivity contribution in [2.24, 2.45) is 0 Å². The van der Waals surface area contributed by atoms with Crippen LogP contribution in [0.25, 0.3) is 0 Å². The lowest BCUT2D eigenvalue weighted by atomic mass is 10.1. The van der Waals surface area contributed by atoms with Crippen LogP contribution in [0.1, 0.15) is 116 Å². The number of Topliss-reactive ketones (excluding diaryl/α,β-unsaturated/α-hetero) is 1. The summed E-state index contributed by atoms with van der Waals surface area (Å²) in [6.07, 6.45) is 21.0. The first-order chi connectivity index (χ1) is 14.1. The van der Waals surface area contributed by atoms with Gasteiger partial charge in [-0.15, -0.1) is 0 Å². The molecule has 5 nitrogen and oxygen atoms in total. The van der Waals surface area contributed by atoms with Crippen molar-refractivity contribution in [3.8, 4) is 0 Å². The molecule has 0 aliphatic carbocycles. The number of carbonyl (C=O) groups excluding carboxylic acids is 2. The molecule has 1 N–H and O–H groups in total. The van der Waals surface area contributed by atoms with E-state index >= 15 is 0 Å². The molecule has 0 saturated heterocycles. The van der Waals surface area contributed by atoms with Crippen molar-refractivity contribution in [2.75, 3.05) is 6.61 Å². The van der Waals surface area contributed by atoms with Crippen LogP contribution in [0.15, 0.2) is 12.2 Å². The molecule has 0 amide bonds. The number of allylic oxidation sites excluding steroid dienone is 2. The molecule has 168 valence electrons. The number of rotatable bonds is 21. The van der Waals surface area contributed by atoms with Crippen LogP contribution in [-0.4, -0.2) is 29.4 Å². The molecule has 5 heteroatoms. The Kier molecular flexibility index (Phi) is 19.9. The average molecular weight is 411 g/mol. The van der Waals surface area contributed by atoms with Crippen molar-refractivity contribution >= 4 is 17.7 Å². The van der Waals surface area contributed by atoms with E-state index in [9.17, 15) is 14.4 Å². The Morgan fingerprint density at radius 3 is 1.83 bits per heavy atom. The lowest BCUT2D eigenvalue weighted by Crippen LogP contribution is -2.11. The zero-order chi connectivity index (χ0) is 21.6. The van der Waals surface area contributed by atoms with Crippen LogP contribution in [0.2, 0.25) is 0 Å². The van der Waals surface area contributed by atoms with Gasteiger partial charge >= 0.3 is 11.9 Å². The summed E-state index contributed by atoms with van der Waals surface area (Å²) in [7, 11) is 0. The normalized spacial score (nSPS) is 11.1. The number of esters is 1. The maximum absolute atomic E-state index is 11.7. The smallest absolute Gasteiger partial charge is 0.306 e. The minimum Gasteiger partial charge on any atom is -0.481 e. The third-order valence-electron chi connectivity index (χ3n) is 4.90. The maximum atomic E-state index is 11.7. The highest BCUT2D eigenvalue weighted by Crippen LogP contribution is 2.10. The van der Waals surface area contributed by atoms with Gasteiger partial charge in [-0.25, -0.2) is 0 Å². The van der Waals surface area contributed by atoms with Crippen molar-refractivity contribution < 1.29 is 24.2 Å². The van der Waals surface area contributed by atoms with E-state index in [-0.39, 0.29) is 31.7 Å². The fourth-order valence-corrected chi connectivity index (χ4v) is 3.08. The molecule has 0 aliphatic rings. The number of carboxylic acids is 1. The van der Waals surface area contributed by atoms with Gasteiger partial charge in [0.2, 0.25) is 0 Å². The number of hydrogen-bond acceptors (Lipinski definition) is 4. The van der Waals surface area contributed by atoms with E-state index in [1.165, 1.54) is 57.8 Å². The Bertz CT molecular complexity index is 456. The van der Waals surface area contributed by atoms with Crippen molar-refractivity contribution in [1.82, 2.24) is 0 Å². The van der Waals surface area contributed by atoms with Gasteiger partial charge in [0.05, 0.1) is 19.4 Å². The molecule has 0 aromatic carbocycles. The zero-order valence-electron chi connectivity index (χ0n) is 18.5. The monoisotopic (exact) mass is 410 g/mol. The Labute approximate surface area is 177 Å². The molecular formula is C24H42O5. The second-order valence-electron chi connectivity index (χ2n) is 7.74. The van der Waals surface area contributed by atoms with E-state index in [4.69, 9.17) is 9.84 Å². The van der Waals surface area contributed by atoms with Gasteiger partial charge in [0.25, 0.3) is 0 Å². The number of hydrogen-bond donors (Lipinski definition) is 1.